The molecule has 0 spiro atoms. The Balaban J connectivity index is 2.22. The molecule has 0 fully saturated rings. The Morgan fingerprint density at radius 3 is 2.45 bits per heavy atom. The van der Waals surface area contributed by atoms with E-state index in [-0.39, 0.29) is 6.54 Å². The summed E-state index contributed by atoms with van der Waals surface area (Å²) in [6, 6.07) is 5.61. The second-order valence-electron chi connectivity index (χ2n) is 4.20. The normalized spacial score (nSPS) is 11.9. The molecule has 0 atom stereocenters. The number of aryl methyl sites for hydroxylation is 1. The second-order valence-corrected chi connectivity index (χ2v) is 6.17. The van der Waals surface area contributed by atoms with Gasteiger partial charge in [-0.05, 0) is 31.2 Å². The molecule has 0 aliphatic carbocycles. The van der Waals surface area contributed by atoms with Crippen molar-refractivity contribution < 1.29 is 27.2 Å². The number of rotatable bonds is 5. The molecule has 0 aliphatic rings. The fourth-order valence-corrected chi connectivity index (χ4v) is 2.64. The van der Waals surface area contributed by atoms with Gasteiger partial charge in [0.15, 0.2) is 0 Å². The van der Waals surface area contributed by atoms with Crippen LogP contribution in [0, 0.1) is 6.92 Å². The lowest BCUT2D eigenvalue weighted by Crippen LogP contribution is -2.26. The van der Waals surface area contributed by atoms with Crippen molar-refractivity contribution in [1.29, 1.82) is 0 Å². The average molecular weight is 299 g/mol. The Kier molecular flexibility index (Phi) is 3.69. The number of carboxylic acid groups (broad SMARTS) is 1. The molecule has 0 unspecified atom stereocenters. The molecule has 2 aromatic heterocycles. The van der Waals surface area contributed by atoms with Gasteiger partial charge in [0.2, 0.25) is 10.9 Å². The molecule has 2 aromatic rings. The molecular weight excluding hydrogens is 286 g/mol. The molecule has 0 aliphatic heterocycles. The van der Waals surface area contributed by atoms with Crippen LogP contribution in [-0.2, 0) is 16.6 Å². The third-order valence-corrected chi connectivity index (χ3v) is 4.31. The Bertz CT molecular complexity index is 727. The summed E-state index contributed by atoms with van der Waals surface area (Å²) < 4.78 is 35.5. The predicted octanol–water partition coefficient (Wildman–Crippen LogP) is 1.70. The van der Waals surface area contributed by atoms with Gasteiger partial charge in [0, 0.05) is 7.05 Å². The van der Waals surface area contributed by atoms with Crippen LogP contribution >= 0.6 is 0 Å². The maximum absolute atomic E-state index is 12.2. The molecule has 2 heterocycles. The number of hydrogen-bond acceptors (Lipinski definition) is 5. The Morgan fingerprint density at radius 2 is 1.95 bits per heavy atom. The minimum Gasteiger partial charge on any atom is -0.475 e. The van der Waals surface area contributed by atoms with Crippen molar-refractivity contribution in [1.82, 2.24) is 4.31 Å². The highest BCUT2D eigenvalue weighted by atomic mass is 32.2. The van der Waals surface area contributed by atoms with Gasteiger partial charge in [0.05, 0.1) is 6.54 Å². The van der Waals surface area contributed by atoms with Crippen molar-refractivity contribution in [3.63, 3.8) is 0 Å². The Labute approximate surface area is 115 Å². The van der Waals surface area contributed by atoms with E-state index in [0.717, 1.165) is 16.4 Å². The van der Waals surface area contributed by atoms with Crippen LogP contribution in [0.25, 0.3) is 0 Å². The standard InChI is InChI=1S/C12H13NO6S/c1-8-3-4-9(18-8)7-13(2)20(16,17)11-6-5-10(19-11)12(14)15/h3-6H,7H2,1-2H3,(H,14,15). The smallest absolute Gasteiger partial charge is 0.371 e. The first-order valence-corrected chi connectivity index (χ1v) is 7.09. The van der Waals surface area contributed by atoms with Gasteiger partial charge >= 0.3 is 5.97 Å². The molecule has 0 aromatic carbocycles. The summed E-state index contributed by atoms with van der Waals surface area (Å²) >= 11 is 0. The van der Waals surface area contributed by atoms with E-state index in [1.807, 2.05) is 0 Å². The number of sulfonamides is 1. The summed E-state index contributed by atoms with van der Waals surface area (Å²) in [6.45, 7) is 1.78. The zero-order valence-corrected chi connectivity index (χ0v) is 11.7. The number of aromatic carboxylic acids is 1. The maximum atomic E-state index is 12.2. The molecule has 108 valence electrons. The number of nitrogens with zero attached hydrogens (tertiary/aromatic N) is 1. The van der Waals surface area contributed by atoms with Crippen molar-refractivity contribution in [3.8, 4) is 0 Å². The summed E-state index contributed by atoms with van der Waals surface area (Å²) in [7, 11) is -2.54. The highest BCUT2D eigenvalue weighted by molar-refractivity contribution is 7.88. The third-order valence-electron chi connectivity index (χ3n) is 2.63. The second kappa shape index (κ2) is 5.14. The van der Waals surface area contributed by atoms with E-state index in [0.29, 0.717) is 11.5 Å². The van der Waals surface area contributed by atoms with Crippen LogP contribution in [0.15, 0.2) is 38.2 Å². The van der Waals surface area contributed by atoms with E-state index in [1.54, 1.807) is 19.1 Å². The molecule has 7 nitrogen and oxygen atoms in total. The van der Waals surface area contributed by atoms with Gasteiger partial charge < -0.3 is 13.9 Å². The molecule has 0 saturated heterocycles. The van der Waals surface area contributed by atoms with E-state index in [2.05, 4.69) is 0 Å². The highest BCUT2D eigenvalue weighted by Gasteiger charge is 2.26. The van der Waals surface area contributed by atoms with E-state index in [1.165, 1.54) is 7.05 Å². The summed E-state index contributed by atoms with van der Waals surface area (Å²) in [4.78, 5) is 10.7. The van der Waals surface area contributed by atoms with Crippen molar-refractivity contribution in [3.05, 3.63) is 41.5 Å². The number of furan rings is 2. The van der Waals surface area contributed by atoms with Gasteiger partial charge in [-0.15, -0.1) is 0 Å². The minimum absolute atomic E-state index is 0.0271. The molecule has 0 saturated carbocycles. The van der Waals surface area contributed by atoms with Crippen LogP contribution in [0.3, 0.4) is 0 Å². The van der Waals surface area contributed by atoms with Gasteiger partial charge in [-0.2, -0.15) is 4.31 Å². The van der Waals surface area contributed by atoms with Gasteiger partial charge in [-0.25, -0.2) is 13.2 Å². The average Bonchev–Trinajstić information content (AvgIpc) is 2.98. The van der Waals surface area contributed by atoms with Crippen molar-refractivity contribution in [2.24, 2.45) is 0 Å². The van der Waals surface area contributed by atoms with Crippen LogP contribution in [0.5, 0.6) is 0 Å². The predicted molar refractivity (Wildman–Crippen MR) is 67.8 cm³/mol. The minimum atomic E-state index is -3.90. The van der Waals surface area contributed by atoms with E-state index < -0.39 is 26.8 Å². The lowest BCUT2D eigenvalue weighted by molar-refractivity contribution is 0.0656. The zero-order valence-electron chi connectivity index (χ0n) is 10.9. The molecule has 20 heavy (non-hydrogen) atoms. The number of carbonyl (C=O) groups is 1. The van der Waals surface area contributed by atoms with Crippen LogP contribution in [0.4, 0.5) is 0 Å². The number of hydrogen-bond donors (Lipinski definition) is 1. The summed E-state index contributed by atoms with van der Waals surface area (Å²) in [5.74, 6) is -0.586. The SMILES string of the molecule is Cc1ccc(CN(C)S(=O)(=O)c2ccc(C(=O)O)o2)o1. The van der Waals surface area contributed by atoms with Crippen LogP contribution in [-0.4, -0.2) is 30.8 Å². The quantitative estimate of drug-likeness (QED) is 0.901. The summed E-state index contributed by atoms with van der Waals surface area (Å²) in [5, 5.41) is 8.31. The first-order chi connectivity index (χ1) is 9.30. The maximum Gasteiger partial charge on any atom is 0.371 e. The highest BCUT2D eigenvalue weighted by Crippen LogP contribution is 2.20. The van der Waals surface area contributed by atoms with E-state index >= 15 is 0 Å². The monoisotopic (exact) mass is 299 g/mol. The van der Waals surface area contributed by atoms with Crippen molar-refractivity contribution in [2.45, 2.75) is 18.6 Å². The Morgan fingerprint density at radius 1 is 1.25 bits per heavy atom. The molecule has 1 N–H and O–H groups in total. The van der Waals surface area contributed by atoms with Gasteiger partial charge in [-0.1, -0.05) is 0 Å². The molecule has 0 bridgehead atoms. The Hall–Kier alpha value is -2.06. The fraction of sp³-hybridized carbons (Fsp3) is 0.250. The van der Waals surface area contributed by atoms with Gasteiger partial charge in [0.25, 0.3) is 10.0 Å². The largest absolute Gasteiger partial charge is 0.475 e. The molecule has 0 amide bonds. The third kappa shape index (κ3) is 2.75. The molecule has 8 heteroatoms. The summed E-state index contributed by atoms with van der Waals surface area (Å²) in [5.41, 5.74) is 0. The lowest BCUT2D eigenvalue weighted by Gasteiger charge is -2.13. The van der Waals surface area contributed by atoms with Gasteiger partial charge in [-0.3, -0.25) is 0 Å². The van der Waals surface area contributed by atoms with Crippen LogP contribution in [0.2, 0.25) is 0 Å². The van der Waals surface area contributed by atoms with Crippen LogP contribution in [0.1, 0.15) is 22.1 Å². The first-order valence-electron chi connectivity index (χ1n) is 5.65. The van der Waals surface area contributed by atoms with Crippen molar-refractivity contribution in [2.75, 3.05) is 7.05 Å². The zero-order chi connectivity index (χ0) is 14.9. The fourth-order valence-electron chi connectivity index (χ4n) is 1.60. The van der Waals surface area contributed by atoms with E-state index in [4.69, 9.17) is 13.9 Å². The molecular formula is C12H13NO6S. The molecule has 0 radical (unpaired) electrons. The summed E-state index contributed by atoms with van der Waals surface area (Å²) in [6.07, 6.45) is 0. The van der Waals surface area contributed by atoms with Crippen molar-refractivity contribution >= 4 is 16.0 Å². The first kappa shape index (κ1) is 14.4. The number of carboxylic acids is 1. The molecule has 2 rings (SSSR count). The van der Waals surface area contributed by atoms with E-state index in [9.17, 15) is 13.2 Å². The van der Waals surface area contributed by atoms with Crippen LogP contribution < -0.4 is 0 Å². The van der Waals surface area contributed by atoms with Gasteiger partial charge in [0.1, 0.15) is 11.5 Å². The topological polar surface area (TPSA) is 101 Å². The lowest BCUT2D eigenvalue weighted by atomic mass is 10.4.